The number of hydrogen-bond acceptors (Lipinski definition) is 7. The summed E-state index contributed by atoms with van der Waals surface area (Å²) < 4.78 is 41.9. The van der Waals surface area contributed by atoms with E-state index in [-0.39, 0.29) is 12.2 Å². The molecule has 3 aromatic carbocycles. The lowest BCUT2D eigenvalue weighted by molar-refractivity contribution is -0.137. The number of nitrogens with one attached hydrogen (secondary N) is 1. The van der Waals surface area contributed by atoms with E-state index < -0.39 is 51.4 Å². The summed E-state index contributed by atoms with van der Waals surface area (Å²) in [5.74, 6) is -3.59. The highest BCUT2D eigenvalue weighted by Crippen LogP contribution is 2.54. The lowest BCUT2D eigenvalue weighted by atomic mass is 9.83. The van der Waals surface area contributed by atoms with E-state index in [2.05, 4.69) is 5.32 Å². The van der Waals surface area contributed by atoms with E-state index in [4.69, 9.17) is 11.6 Å². The summed E-state index contributed by atoms with van der Waals surface area (Å²) >= 11 is 7.80. The number of fused-ring (bicyclic) bond motifs is 2. The van der Waals surface area contributed by atoms with Gasteiger partial charge in [-0.05, 0) is 60.2 Å². The average molecular weight is 673 g/mol. The molecule has 3 heterocycles. The van der Waals surface area contributed by atoms with E-state index in [0.717, 1.165) is 51.9 Å². The van der Waals surface area contributed by atoms with Gasteiger partial charge in [-0.15, -0.1) is 0 Å². The zero-order valence-electron chi connectivity index (χ0n) is 23.7. The normalized spacial score (nSPS) is 19.3. The Hall–Kier alpha value is -4.07. The molecule has 2 unspecified atom stereocenters. The molecule has 0 saturated carbocycles. The number of benzene rings is 3. The Kier molecular flexibility index (Phi) is 8.04. The van der Waals surface area contributed by atoms with Crippen LogP contribution in [0.5, 0.6) is 0 Å². The van der Waals surface area contributed by atoms with Crippen LogP contribution in [0.3, 0.4) is 0 Å². The van der Waals surface area contributed by atoms with Crippen LogP contribution in [-0.4, -0.2) is 41.6 Å². The highest BCUT2D eigenvalue weighted by Gasteiger charge is 2.57. The molecule has 1 aromatic heterocycles. The van der Waals surface area contributed by atoms with Gasteiger partial charge in [-0.2, -0.15) is 13.2 Å². The summed E-state index contributed by atoms with van der Waals surface area (Å²) in [6.45, 7) is -0.358. The van der Waals surface area contributed by atoms with Crippen molar-refractivity contribution in [3.63, 3.8) is 0 Å². The Bertz CT molecular complexity index is 1870. The fourth-order valence-electron chi connectivity index (χ4n) is 5.55. The highest BCUT2D eigenvalue weighted by molar-refractivity contribution is 8.00. The summed E-state index contributed by atoms with van der Waals surface area (Å²) in [5, 5.41) is 2.53. The summed E-state index contributed by atoms with van der Waals surface area (Å²) in [5.41, 5.74) is 0.840. The van der Waals surface area contributed by atoms with Crippen molar-refractivity contribution in [1.29, 1.82) is 0 Å². The molecule has 1 N–H and O–H groups in total. The van der Waals surface area contributed by atoms with Crippen molar-refractivity contribution in [2.24, 2.45) is 5.92 Å². The van der Waals surface area contributed by atoms with Gasteiger partial charge in [0, 0.05) is 41.3 Å². The van der Waals surface area contributed by atoms with Crippen molar-refractivity contribution in [2.45, 2.75) is 28.9 Å². The maximum absolute atomic E-state index is 14.0. The van der Waals surface area contributed by atoms with Crippen LogP contribution in [0.4, 0.5) is 30.2 Å². The number of imide groups is 1. The summed E-state index contributed by atoms with van der Waals surface area (Å²) in [4.78, 5) is 57.0. The largest absolute Gasteiger partial charge is 0.416 e. The minimum absolute atomic E-state index is 0.181. The van der Waals surface area contributed by atoms with Gasteiger partial charge >= 0.3 is 11.0 Å². The van der Waals surface area contributed by atoms with Crippen LogP contribution in [0.2, 0.25) is 5.02 Å². The molecule has 2 aliphatic rings. The molecule has 8 nitrogen and oxygen atoms in total. The van der Waals surface area contributed by atoms with E-state index in [0.29, 0.717) is 26.2 Å². The van der Waals surface area contributed by atoms with Gasteiger partial charge in [-0.25, -0.2) is 4.90 Å². The molecule has 1 saturated heterocycles. The van der Waals surface area contributed by atoms with E-state index >= 15 is 0 Å². The van der Waals surface area contributed by atoms with Gasteiger partial charge in [0.05, 0.1) is 22.2 Å². The number of alkyl halides is 3. The van der Waals surface area contributed by atoms with Gasteiger partial charge in [0.2, 0.25) is 17.7 Å². The molecule has 232 valence electrons. The number of carbonyl (C=O) groups is 3. The molecular formula is C31H24ClF3N4O4S2. The van der Waals surface area contributed by atoms with E-state index in [1.54, 1.807) is 24.3 Å². The molecular weight excluding hydrogens is 649 g/mol. The fraction of sp³-hybridized carbons (Fsp3) is 0.226. The van der Waals surface area contributed by atoms with Crippen LogP contribution in [0.15, 0.2) is 82.6 Å². The number of nitrogens with zero attached hydrogens (tertiary/aromatic N) is 3. The number of thiazole rings is 1. The standard InChI is InChI=1S/C31H24ClF3N4O4S2/c1-37(2)20-12-6-16(7-13-20)23-24-25(28(42)39(27(24)41)21-5-3-4-17(14-21)31(33,34)35)44-29-26(23)45-30(43)38(29)15-22(40)36-19-10-8-18(32)9-11-19/h3-14,23-25H,15H2,1-2H3,(H,36,40)/t23-,24?,25?/m1/s1. The molecule has 1 fully saturated rings. The molecule has 4 aromatic rings. The van der Waals surface area contributed by atoms with Crippen molar-refractivity contribution < 1.29 is 27.6 Å². The third-order valence-electron chi connectivity index (χ3n) is 7.68. The van der Waals surface area contributed by atoms with Crippen molar-refractivity contribution in [2.75, 3.05) is 29.2 Å². The lowest BCUT2D eigenvalue weighted by Crippen LogP contribution is -2.33. The molecule has 0 radical (unpaired) electrons. The first-order chi connectivity index (χ1) is 21.3. The third-order valence-corrected chi connectivity index (χ3v) is 10.5. The molecule has 6 rings (SSSR count). The van der Waals surface area contributed by atoms with Gasteiger partial charge in [-0.3, -0.25) is 23.7 Å². The second-order valence-corrected chi connectivity index (χ2v) is 13.3. The first kappa shape index (κ1) is 30.9. The van der Waals surface area contributed by atoms with Crippen LogP contribution in [0, 0.1) is 5.92 Å². The molecule has 45 heavy (non-hydrogen) atoms. The number of rotatable bonds is 6. The van der Waals surface area contributed by atoms with Crippen molar-refractivity contribution >= 4 is 69.5 Å². The number of thioether (sulfide) groups is 1. The van der Waals surface area contributed by atoms with Crippen molar-refractivity contribution in [1.82, 2.24) is 4.57 Å². The van der Waals surface area contributed by atoms with Crippen LogP contribution < -0.4 is 20.0 Å². The number of hydrogen-bond donors (Lipinski definition) is 1. The van der Waals surface area contributed by atoms with Crippen LogP contribution >= 0.6 is 34.7 Å². The predicted molar refractivity (Wildman–Crippen MR) is 168 cm³/mol. The van der Waals surface area contributed by atoms with Gasteiger partial charge < -0.3 is 10.2 Å². The van der Waals surface area contributed by atoms with Crippen LogP contribution in [0.25, 0.3) is 0 Å². The fourth-order valence-corrected chi connectivity index (χ4v) is 8.45. The molecule has 0 aliphatic carbocycles. The Balaban J connectivity index is 1.41. The Morgan fingerprint density at radius 3 is 2.31 bits per heavy atom. The minimum atomic E-state index is -4.67. The third kappa shape index (κ3) is 5.75. The predicted octanol–water partition coefficient (Wildman–Crippen LogP) is 6.08. The second kappa shape index (κ2) is 11.7. The topological polar surface area (TPSA) is 91.7 Å². The van der Waals surface area contributed by atoms with E-state index in [1.807, 2.05) is 43.3 Å². The SMILES string of the molecule is CN(C)c1ccc([C@H]2c3sc(=O)n(CC(=O)Nc4ccc(Cl)cc4)c3SC3C(=O)N(c4cccc(C(F)(F)F)c4)C(=O)C32)cc1. The molecule has 14 heteroatoms. The lowest BCUT2D eigenvalue weighted by Gasteiger charge is -2.31. The summed E-state index contributed by atoms with van der Waals surface area (Å²) in [6.07, 6.45) is -4.67. The number of anilines is 3. The molecule has 2 aliphatic heterocycles. The maximum Gasteiger partial charge on any atom is 0.416 e. The maximum atomic E-state index is 14.0. The number of carbonyl (C=O) groups excluding carboxylic acids is 3. The first-order valence-corrected chi connectivity index (χ1v) is 15.7. The average Bonchev–Trinajstić information content (AvgIpc) is 3.44. The quantitative estimate of drug-likeness (QED) is 0.250. The zero-order valence-corrected chi connectivity index (χ0v) is 26.1. The number of amides is 3. The molecule has 3 atom stereocenters. The van der Waals surface area contributed by atoms with Crippen molar-refractivity contribution in [3.8, 4) is 0 Å². The smallest absolute Gasteiger partial charge is 0.378 e. The molecule has 3 amide bonds. The van der Waals surface area contributed by atoms with Crippen LogP contribution in [0.1, 0.15) is 21.9 Å². The highest BCUT2D eigenvalue weighted by atomic mass is 35.5. The number of halogens is 4. The summed E-state index contributed by atoms with van der Waals surface area (Å²) in [6, 6.07) is 17.9. The molecule has 0 spiro atoms. The monoisotopic (exact) mass is 672 g/mol. The Morgan fingerprint density at radius 2 is 1.67 bits per heavy atom. The minimum Gasteiger partial charge on any atom is -0.378 e. The van der Waals surface area contributed by atoms with Gasteiger partial charge in [-0.1, -0.05) is 52.9 Å². The van der Waals surface area contributed by atoms with Crippen molar-refractivity contribution in [3.05, 3.63) is 103 Å². The van der Waals surface area contributed by atoms with E-state index in [1.165, 1.54) is 10.6 Å². The Morgan fingerprint density at radius 1 is 0.978 bits per heavy atom. The zero-order chi connectivity index (χ0) is 32.2. The first-order valence-electron chi connectivity index (χ1n) is 13.6. The Labute approximate surface area is 268 Å². The van der Waals surface area contributed by atoms with E-state index in [9.17, 15) is 32.3 Å². The molecule has 0 bridgehead atoms. The van der Waals surface area contributed by atoms with Gasteiger partial charge in [0.1, 0.15) is 11.8 Å². The second-order valence-electron chi connectivity index (χ2n) is 10.8. The number of aromatic nitrogens is 1. The summed E-state index contributed by atoms with van der Waals surface area (Å²) in [7, 11) is 3.74. The van der Waals surface area contributed by atoms with Gasteiger partial charge in [0.15, 0.2) is 0 Å². The van der Waals surface area contributed by atoms with Crippen LogP contribution in [-0.2, 0) is 27.1 Å². The van der Waals surface area contributed by atoms with Gasteiger partial charge in [0.25, 0.3) is 0 Å².